The van der Waals surface area contributed by atoms with Crippen molar-refractivity contribution in [2.24, 2.45) is 0 Å². The van der Waals surface area contributed by atoms with Crippen LogP contribution in [-0.2, 0) is 4.79 Å². The summed E-state index contributed by atoms with van der Waals surface area (Å²) in [6.45, 7) is 0. The predicted octanol–water partition coefficient (Wildman–Crippen LogP) is 3.00. The SMILES string of the molecule is N#C/C(=C\c1ccsc1)C(=O)Nc1ccc(O)cc1. The number of anilines is 1. The lowest BCUT2D eigenvalue weighted by molar-refractivity contribution is -0.112. The maximum Gasteiger partial charge on any atom is 0.266 e. The first-order valence-corrected chi connectivity index (χ1v) is 6.37. The molecule has 0 bridgehead atoms. The molecule has 0 saturated heterocycles. The fourth-order valence-electron chi connectivity index (χ4n) is 1.42. The number of phenolic OH excluding ortho intramolecular Hbond substituents is 1. The number of thiophene rings is 1. The molecule has 0 aliphatic heterocycles. The minimum Gasteiger partial charge on any atom is -0.508 e. The number of hydrogen-bond acceptors (Lipinski definition) is 4. The second-order valence-corrected chi connectivity index (χ2v) is 4.51. The number of amides is 1. The fourth-order valence-corrected chi connectivity index (χ4v) is 2.03. The van der Waals surface area contributed by atoms with E-state index in [4.69, 9.17) is 10.4 Å². The Morgan fingerprint density at radius 2 is 2.05 bits per heavy atom. The molecule has 94 valence electrons. The molecule has 0 radical (unpaired) electrons. The summed E-state index contributed by atoms with van der Waals surface area (Å²) < 4.78 is 0. The third-order valence-electron chi connectivity index (χ3n) is 2.34. The molecule has 0 aliphatic carbocycles. The first kappa shape index (κ1) is 12.9. The molecule has 0 aliphatic rings. The van der Waals surface area contributed by atoms with Gasteiger partial charge in [-0.25, -0.2) is 0 Å². The van der Waals surface area contributed by atoms with Crippen molar-refractivity contribution in [3.63, 3.8) is 0 Å². The Morgan fingerprint density at radius 1 is 1.32 bits per heavy atom. The van der Waals surface area contributed by atoms with Crippen molar-refractivity contribution in [2.45, 2.75) is 0 Å². The molecule has 5 heteroatoms. The van der Waals surface area contributed by atoms with Gasteiger partial charge in [-0.15, -0.1) is 0 Å². The van der Waals surface area contributed by atoms with Gasteiger partial charge in [0.05, 0.1) is 0 Å². The second kappa shape index (κ2) is 5.85. The summed E-state index contributed by atoms with van der Waals surface area (Å²) >= 11 is 1.50. The van der Waals surface area contributed by atoms with Crippen molar-refractivity contribution < 1.29 is 9.90 Å². The average molecular weight is 270 g/mol. The van der Waals surface area contributed by atoms with Crippen LogP contribution in [0.25, 0.3) is 6.08 Å². The van der Waals surface area contributed by atoms with E-state index < -0.39 is 5.91 Å². The van der Waals surface area contributed by atoms with E-state index in [1.165, 1.54) is 29.5 Å². The standard InChI is InChI=1S/C14H10N2O2S/c15-8-11(7-10-5-6-19-9-10)14(18)16-12-1-3-13(17)4-2-12/h1-7,9,17H,(H,16,18)/b11-7+. The Labute approximate surface area is 114 Å². The van der Waals surface area contributed by atoms with Gasteiger partial charge >= 0.3 is 0 Å². The van der Waals surface area contributed by atoms with Crippen LogP contribution in [0.15, 0.2) is 46.7 Å². The maximum absolute atomic E-state index is 11.9. The summed E-state index contributed by atoms with van der Waals surface area (Å²) in [5.74, 6) is -0.355. The van der Waals surface area contributed by atoms with Crippen molar-refractivity contribution in [3.05, 3.63) is 52.2 Å². The summed E-state index contributed by atoms with van der Waals surface area (Å²) in [7, 11) is 0. The van der Waals surface area contributed by atoms with E-state index in [0.717, 1.165) is 5.56 Å². The zero-order valence-corrected chi connectivity index (χ0v) is 10.6. The van der Waals surface area contributed by atoms with Crippen LogP contribution in [0.4, 0.5) is 5.69 Å². The molecule has 0 saturated carbocycles. The Balaban J connectivity index is 2.14. The lowest BCUT2D eigenvalue weighted by atomic mass is 10.2. The van der Waals surface area contributed by atoms with Crippen LogP contribution in [0.2, 0.25) is 0 Å². The van der Waals surface area contributed by atoms with Crippen molar-refractivity contribution in [3.8, 4) is 11.8 Å². The van der Waals surface area contributed by atoms with Crippen LogP contribution in [0, 0.1) is 11.3 Å². The van der Waals surface area contributed by atoms with Crippen molar-refractivity contribution in [2.75, 3.05) is 5.32 Å². The third-order valence-corrected chi connectivity index (χ3v) is 3.05. The highest BCUT2D eigenvalue weighted by molar-refractivity contribution is 7.08. The zero-order valence-electron chi connectivity index (χ0n) is 9.83. The molecule has 0 unspecified atom stereocenters. The van der Waals surface area contributed by atoms with E-state index in [2.05, 4.69) is 5.32 Å². The topological polar surface area (TPSA) is 73.1 Å². The molecule has 1 amide bonds. The monoisotopic (exact) mass is 270 g/mol. The van der Waals surface area contributed by atoms with Gasteiger partial charge in [0.15, 0.2) is 0 Å². The van der Waals surface area contributed by atoms with E-state index >= 15 is 0 Å². The first-order chi connectivity index (χ1) is 9.19. The van der Waals surface area contributed by atoms with Gasteiger partial charge in [-0.1, -0.05) is 0 Å². The van der Waals surface area contributed by atoms with Gasteiger partial charge in [-0.3, -0.25) is 4.79 Å². The minimum absolute atomic E-state index is 0.0338. The smallest absolute Gasteiger partial charge is 0.266 e. The highest BCUT2D eigenvalue weighted by Crippen LogP contribution is 2.16. The van der Waals surface area contributed by atoms with Crippen LogP contribution in [0.3, 0.4) is 0 Å². The number of hydrogen-bond donors (Lipinski definition) is 2. The van der Waals surface area contributed by atoms with Crippen molar-refractivity contribution >= 4 is 29.0 Å². The Bertz CT molecular complexity index is 637. The summed E-state index contributed by atoms with van der Waals surface area (Å²) in [5.41, 5.74) is 1.38. The van der Waals surface area contributed by atoms with Gasteiger partial charge in [0.2, 0.25) is 0 Å². The molecule has 2 aromatic rings. The number of aromatic hydroxyl groups is 1. The van der Waals surface area contributed by atoms with Crippen LogP contribution in [0.5, 0.6) is 5.75 Å². The van der Waals surface area contributed by atoms with E-state index in [-0.39, 0.29) is 11.3 Å². The summed E-state index contributed by atoms with van der Waals surface area (Å²) in [5, 5.41) is 24.5. The lowest BCUT2D eigenvalue weighted by Gasteiger charge is -2.03. The number of rotatable bonds is 3. The fraction of sp³-hybridized carbons (Fsp3) is 0. The van der Waals surface area contributed by atoms with Crippen LogP contribution >= 0.6 is 11.3 Å². The second-order valence-electron chi connectivity index (χ2n) is 3.73. The summed E-state index contributed by atoms with van der Waals surface area (Å²) in [6, 6.07) is 9.76. The molecule has 2 N–H and O–H groups in total. The first-order valence-electron chi connectivity index (χ1n) is 5.43. The van der Waals surface area contributed by atoms with Gasteiger partial charge in [0.25, 0.3) is 5.91 Å². The van der Waals surface area contributed by atoms with Crippen LogP contribution in [0.1, 0.15) is 5.56 Å². The molecule has 0 atom stereocenters. The predicted molar refractivity (Wildman–Crippen MR) is 74.6 cm³/mol. The number of nitrogens with zero attached hydrogens (tertiary/aromatic N) is 1. The van der Waals surface area contributed by atoms with E-state index in [1.54, 1.807) is 12.1 Å². The Hall–Kier alpha value is -2.58. The number of carbonyl (C=O) groups excluding carboxylic acids is 1. The van der Waals surface area contributed by atoms with Gasteiger partial charge in [-0.2, -0.15) is 16.6 Å². The highest BCUT2D eigenvalue weighted by Gasteiger charge is 2.09. The molecule has 4 nitrogen and oxygen atoms in total. The number of nitriles is 1. The van der Waals surface area contributed by atoms with E-state index in [9.17, 15) is 4.79 Å². The molecule has 0 fully saturated rings. The van der Waals surface area contributed by atoms with Crippen LogP contribution in [-0.4, -0.2) is 11.0 Å². The minimum atomic E-state index is -0.473. The number of nitrogens with one attached hydrogen (secondary N) is 1. The molecule has 19 heavy (non-hydrogen) atoms. The van der Waals surface area contributed by atoms with E-state index in [1.807, 2.05) is 22.9 Å². The Kier molecular flexibility index (Phi) is 3.96. The molecule has 0 spiro atoms. The van der Waals surface area contributed by atoms with Gasteiger partial charge < -0.3 is 10.4 Å². The molecule has 1 heterocycles. The molecular formula is C14H10N2O2S. The molecule has 1 aromatic heterocycles. The van der Waals surface area contributed by atoms with Crippen LogP contribution < -0.4 is 5.32 Å². The quantitative estimate of drug-likeness (QED) is 0.511. The van der Waals surface area contributed by atoms with Gasteiger partial charge in [0.1, 0.15) is 17.4 Å². The molecule has 2 rings (SSSR count). The largest absolute Gasteiger partial charge is 0.508 e. The van der Waals surface area contributed by atoms with Crippen molar-refractivity contribution in [1.29, 1.82) is 5.26 Å². The normalized spacial score (nSPS) is 10.8. The maximum atomic E-state index is 11.9. The number of phenols is 1. The lowest BCUT2D eigenvalue weighted by Crippen LogP contribution is -2.13. The highest BCUT2D eigenvalue weighted by atomic mass is 32.1. The Morgan fingerprint density at radius 3 is 2.63 bits per heavy atom. The summed E-state index contributed by atoms with van der Waals surface area (Å²) in [6.07, 6.45) is 1.53. The van der Waals surface area contributed by atoms with Crippen molar-refractivity contribution in [1.82, 2.24) is 0 Å². The van der Waals surface area contributed by atoms with Gasteiger partial charge in [0, 0.05) is 5.69 Å². The molecule has 1 aromatic carbocycles. The van der Waals surface area contributed by atoms with Gasteiger partial charge in [-0.05, 0) is 52.7 Å². The number of benzene rings is 1. The van der Waals surface area contributed by atoms with E-state index in [0.29, 0.717) is 5.69 Å². The zero-order chi connectivity index (χ0) is 13.7. The number of carbonyl (C=O) groups is 1. The summed E-state index contributed by atoms with van der Waals surface area (Å²) in [4.78, 5) is 11.9. The molecular weight excluding hydrogens is 260 g/mol. The average Bonchev–Trinajstić information content (AvgIpc) is 2.91. The third kappa shape index (κ3) is 3.44.